The summed E-state index contributed by atoms with van der Waals surface area (Å²) in [6.07, 6.45) is 6.74. The second kappa shape index (κ2) is 9.52. The second-order valence-electron chi connectivity index (χ2n) is 10.4. The van der Waals surface area contributed by atoms with E-state index < -0.39 is 10.0 Å². The molecule has 1 N–H and O–H groups in total. The van der Waals surface area contributed by atoms with Crippen LogP contribution in [0.4, 0.5) is 0 Å². The number of nitrogens with one attached hydrogen (secondary N) is 1. The lowest BCUT2D eigenvalue weighted by molar-refractivity contribution is 0.180. The largest absolute Gasteiger partial charge is 0.493 e. The van der Waals surface area contributed by atoms with Crippen molar-refractivity contribution in [2.24, 2.45) is 0 Å². The third-order valence-corrected chi connectivity index (χ3v) is 9.80. The van der Waals surface area contributed by atoms with E-state index in [1.165, 1.54) is 12.8 Å². The van der Waals surface area contributed by atoms with E-state index >= 15 is 0 Å². The fourth-order valence-electron chi connectivity index (χ4n) is 5.80. The van der Waals surface area contributed by atoms with Gasteiger partial charge in [-0.05, 0) is 57.7 Å². The number of fused-ring (bicyclic) bond motifs is 1. The van der Waals surface area contributed by atoms with Gasteiger partial charge in [0.25, 0.3) is 5.56 Å². The molecule has 0 spiro atoms. The molecule has 2 saturated carbocycles. The van der Waals surface area contributed by atoms with E-state index in [1.54, 1.807) is 27.0 Å². The lowest BCUT2D eigenvalue weighted by Gasteiger charge is -2.34. The lowest BCUT2D eigenvalue weighted by Crippen LogP contribution is -2.49. The predicted molar refractivity (Wildman–Crippen MR) is 140 cm³/mol. The van der Waals surface area contributed by atoms with Crippen molar-refractivity contribution >= 4 is 15.5 Å². The Morgan fingerprint density at radius 3 is 2.49 bits per heavy atom. The monoisotopic (exact) mass is 526 g/mol. The predicted octanol–water partition coefficient (Wildman–Crippen LogP) is 2.92. The highest BCUT2D eigenvalue weighted by Gasteiger charge is 2.35. The van der Waals surface area contributed by atoms with Gasteiger partial charge in [-0.2, -0.15) is 4.31 Å². The number of H-pyrrole nitrogens is 1. The number of imidazole rings is 1. The fraction of sp³-hybridized carbons (Fsp3) is 0.577. The van der Waals surface area contributed by atoms with Crippen LogP contribution in [0.1, 0.15) is 62.9 Å². The van der Waals surface area contributed by atoms with Crippen molar-refractivity contribution in [3.05, 3.63) is 40.1 Å². The molecule has 37 heavy (non-hydrogen) atoms. The van der Waals surface area contributed by atoms with Gasteiger partial charge in [0.05, 0.1) is 22.8 Å². The van der Waals surface area contributed by atoms with E-state index in [1.807, 2.05) is 13.8 Å². The Hall–Kier alpha value is -2.76. The summed E-state index contributed by atoms with van der Waals surface area (Å²) in [7, 11) is -3.71. The van der Waals surface area contributed by atoms with Crippen LogP contribution in [-0.4, -0.2) is 76.0 Å². The third-order valence-electron chi connectivity index (χ3n) is 7.90. The van der Waals surface area contributed by atoms with Crippen molar-refractivity contribution in [1.82, 2.24) is 28.8 Å². The van der Waals surface area contributed by atoms with Gasteiger partial charge in [-0.3, -0.25) is 9.69 Å². The second-order valence-corrected chi connectivity index (χ2v) is 12.3. The van der Waals surface area contributed by atoms with E-state index in [2.05, 4.69) is 9.88 Å². The molecule has 0 unspecified atom stereocenters. The Balaban J connectivity index is 1.41. The normalized spacial score (nSPS) is 20.2. The number of ether oxygens (including phenoxy) is 1. The first kappa shape index (κ1) is 24.6. The lowest BCUT2D eigenvalue weighted by atomic mass is 10.1. The number of nitrogens with zero attached hydrogens (tertiary/aromatic N) is 5. The number of aromatic nitrogens is 4. The molecular formula is C26H34N6O4S. The molecule has 2 aliphatic carbocycles. The number of sulfonamides is 1. The first-order valence-electron chi connectivity index (χ1n) is 13.4. The number of hydrogen-bond acceptors (Lipinski definition) is 7. The van der Waals surface area contributed by atoms with Crippen LogP contribution in [0.2, 0.25) is 0 Å². The first-order chi connectivity index (χ1) is 17.9. The Bertz CT molecular complexity index is 1480. The van der Waals surface area contributed by atoms with Gasteiger partial charge in [0.15, 0.2) is 11.3 Å². The van der Waals surface area contributed by atoms with E-state index in [9.17, 15) is 13.2 Å². The average molecular weight is 527 g/mol. The molecular weight excluding hydrogens is 492 g/mol. The molecule has 3 aliphatic rings. The van der Waals surface area contributed by atoms with Gasteiger partial charge in [0.2, 0.25) is 10.0 Å². The molecule has 198 valence electrons. The SMILES string of the molecule is CCOc1ccc(S(=O)(=O)N2CCN(C3CC3)CC2)cc1-c1nn2c(C3CCCC3)nc(C)c2c(=O)[nH]1. The molecule has 10 nitrogen and oxygen atoms in total. The smallest absolute Gasteiger partial charge is 0.277 e. The molecule has 3 heterocycles. The van der Waals surface area contributed by atoms with Crippen molar-refractivity contribution in [3.8, 4) is 17.1 Å². The van der Waals surface area contributed by atoms with Crippen LogP contribution in [0.3, 0.4) is 0 Å². The van der Waals surface area contributed by atoms with E-state index in [0.717, 1.165) is 44.6 Å². The van der Waals surface area contributed by atoms with Gasteiger partial charge >= 0.3 is 0 Å². The van der Waals surface area contributed by atoms with E-state index in [4.69, 9.17) is 14.8 Å². The summed E-state index contributed by atoms with van der Waals surface area (Å²) in [5.74, 6) is 1.80. The summed E-state index contributed by atoms with van der Waals surface area (Å²) in [5, 5.41) is 4.79. The van der Waals surface area contributed by atoms with Gasteiger partial charge < -0.3 is 9.72 Å². The van der Waals surface area contributed by atoms with Gasteiger partial charge in [-0.1, -0.05) is 12.8 Å². The van der Waals surface area contributed by atoms with Crippen LogP contribution in [-0.2, 0) is 10.0 Å². The van der Waals surface area contributed by atoms with Crippen LogP contribution in [0.5, 0.6) is 5.75 Å². The minimum atomic E-state index is -3.71. The highest BCUT2D eigenvalue weighted by atomic mass is 32.2. The van der Waals surface area contributed by atoms with Crippen LogP contribution in [0.15, 0.2) is 27.9 Å². The van der Waals surface area contributed by atoms with Crippen LogP contribution in [0.25, 0.3) is 16.9 Å². The quantitative estimate of drug-likeness (QED) is 0.504. The minimum absolute atomic E-state index is 0.173. The number of hydrogen-bond donors (Lipinski definition) is 1. The number of piperazine rings is 1. The summed E-state index contributed by atoms with van der Waals surface area (Å²) >= 11 is 0. The van der Waals surface area contributed by atoms with Gasteiger partial charge in [-0.15, -0.1) is 5.10 Å². The molecule has 1 saturated heterocycles. The van der Waals surface area contributed by atoms with Crippen molar-refractivity contribution in [2.75, 3.05) is 32.8 Å². The maximum Gasteiger partial charge on any atom is 0.277 e. The average Bonchev–Trinajstić information content (AvgIpc) is 3.49. The Kier molecular flexibility index (Phi) is 6.32. The molecule has 0 radical (unpaired) electrons. The maximum atomic E-state index is 13.6. The maximum absolute atomic E-state index is 13.6. The number of aryl methyl sites for hydroxylation is 1. The molecule has 0 atom stereocenters. The molecule has 2 aromatic heterocycles. The first-order valence-corrected chi connectivity index (χ1v) is 14.8. The number of rotatable bonds is 7. The third kappa shape index (κ3) is 4.46. The number of benzene rings is 1. The number of aromatic amines is 1. The van der Waals surface area contributed by atoms with Crippen LogP contribution >= 0.6 is 0 Å². The molecule has 0 amide bonds. The molecule has 1 aromatic carbocycles. The molecule has 1 aliphatic heterocycles. The molecule has 11 heteroatoms. The van der Waals surface area contributed by atoms with Gasteiger partial charge in [0, 0.05) is 38.1 Å². The van der Waals surface area contributed by atoms with Crippen LogP contribution in [0, 0.1) is 6.92 Å². The van der Waals surface area contributed by atoms with Crippen LogP contribution < -0.4 is 10.3 Å². The highest BCUT2D eigenvalue weighted by Crippen LogP contribution is 2.35. The summed E-state index contributed by atoms with van der Waals surface area (Å²) in [6, 6.07) is 5.45. The summed E-state index contributed by atoms with van der Waals surface area (Å²) in [6.45, 7) is 6.54. The Labute approximate surface area is 216 Å². The van der Waals surface area contributed by atoms with Crippen molar-refractivity contribution in [3.63, 3.8) is 0 Å². The van der Waals surface area contributed by atoms with E-state index in [0.29, 0.717) is 48.3 Å². The zero-order valence-electron chi connectivity index (χ0n) is 21.4. The fourth-order valence-corrected chi connectivity index (χ4v) is 7.25. The zero-order chi connectivity index (χ0) is 25.7. The molecule has 3 fully saturated rings. The Morgan fingerprint density at radius 1 is 1.08 bits per heavy atom. The molecule has 6 rings (SSSR count). The van der Waals surface area contributed by atoms with Crippen molar-refractivity contribution < 1.29 is 13.2 Å². The minimum Gasteiger partial charge on any atom is -0.493 e. The van der Waals surface area contributed by atoms with Gasteiger partial charge in [-0.25, -0.2) is 17.9 Å². The Morgan fingerprint density at radius 2 is 1.81 bits per heavy atom. The summed E-state index contributed by atoms with van der Waals surface area (Å²) in [5.41, 5.74) is 1.23. The summed E-state index contributed by atoms with van der Waals surface area (Å²) < 4.78 is 36.3. The zero-order valence-corrected chi connectivity index (χ0v) is 22.3. The van der Waals surface area contributed by atoms with Crippen molar-refractivity contribution in [2.45, 2.75) is 69.2 Å². The summed E-state index contributed by atoms with van der Waals surface area (Å²) in [4.78, 5) is 23.3. The molecule has 0 bridgehead atoms. The topological polar surface area (TPSA) is 113 Å². The van der Waals surface area contributed by atoms with Gasteiger partial charge in [0.1, 0.15) is 11.6 Å². The molecule has 3 aromatic rings. The standard InChI is InChI=1S/C26H34N6O4S/c1-3-36-22-11-10-20(37(34,35)31-14-12-30(13-15-31)19-8-9-19)16-21(22)24-28-26(33)23-17(2)27-25(32(23)29-24)18-6-4-5-7-18/h10-11,16,18-19H,3-9,12-15H2,1-2H3,(H,28,29,33). The van der Waals surface area contributed by atoms with Crippen molar-refractivity contribution in [1.29, 1.82) is 0 Å². The highest BCUT2D eigenvalue weighted by molar-refractivity contribution is 7.89. The van der Waals surface area contributed by atoms with E-state index in [-0.39, 0.29) is 22.2 Å².